The Hall–Kier alpha value is -0.820. The van der Waals surface area contributed by atoms with Crippen LogP contribution >= 0.6 is 0 Å². The lowest BCUT2D eigenvalue weighted by Crippen LogP contribution is -2.01. The van der Waals surface area contributed by atoms with Crippen LogP contribution in [0.5, 0.6) is 0 Å². The lowest BCUT2D eigenvalue weighted by molar-refractivity contribution is 0.165. The maximum absolute atomic E-state index is 10.0. The minimum Gasteiger partial charge on any atom is -0.388 e. The quantitative estimate of drug-likeness (QED) is 0.749. The van der Waals surface area contributed by atoms with E-state index in [0.29, 0.717) is 0 Å². The molecule has 0 heterocycles. The van der Waals surface area contributed by atoms with Crippen LogP contribution in [0.2, 0.25) is 0 Å². The SMILES string of the molecule is CCCCc1ccccc1C(O)CCC. The average molecular weight is 206 g/mol. The highest BCUT2D eigenvalue weighted by molar-refractivity contribution is 5.29. The van der Waals surface area contributed by atoms with Crippen molar-refractivity contribution >= 4 is 0 Å². The van der Waals surface area contributed by atoms with Crippen molar-refractivity contribution in [1.82, 2.24) is 0 Å². The van der Waals surface area contributed by atoms with Crippen LogP contribution < -0.4 is 0 Å². The summed E-state index contributed by atoms with van der Waals surface area (Å²) in [5, 5.41) is 10.0. The third-order valence-corrected chi connectivity index (χ3v) is 2.78. The molecule has 1 N–H and O–H groups in total. The van der Waals surface area contributed by atoms with Crippen molar-refractivity contribution in [2.45, 2.75) is 52.1 Å². The highest BCUT2D eigenvalue weighted by atomic mass is 16.3. The topological polar surface area (TPSA) is 20.2 Å². The van der Waals surface area contributed by atoms with Crippen LogP contribution in [0, 0.1) is 0 Å². The van der Waals surface area contributed by atoms with E-state index in [1.807, 2.05) is 6.07 Å². The Morgan fingerprint density at radius 1 is 1.13 bits per heavy atom. The van der Waals surface area contributed by atoms with Crippen molar-refractivity contribution in [3.8, 4) is 0 Å². The standard InChI is InChI=1S/C14H22O/c1-3-5-9-12-10-6-7-11-13(12)14(15)8-4-2/h6-7,10-11,14-15H,3-5,8-9H2,1-2H3. The fraction of sp³-hybridized carbons (Fsp3) is 0.571. The Balaban J connectivity index is 2.75. The monoisotopic (exact) mass is 206 g/mol. The van der Waals surface area contributed by atoms with Crippen LogP contribution in [0.25, 0.3) is 0 Å². The summed E-state index contributed by atoms with van der Waals surface area (Å²) in [5.74, 6) is 0. The van der Waals surface area contributed by atoms with Crippen LogP contribution in [0.1, 0.15) is 56.8 Å². The zero-order valence-corrected chi connectivity index (χ0v) is 9.87. The molecular formula is C14H22O. The summed E-state index contributed by atoms with van der Waals surface area (Å²) in [6.45, 7) is 4.31. The van der Waals surface area contributed by atoms with E-state index < -0.39 is 0 Å². The second kappa shape index (κ2) is 6.62. The van der Waals surface area contributed by atoms with E-state index in [1.165, 1.54) is 18.4 Å². The molecule has 0 bridgehead atoms. The van der Waals surface area contributed by atoms with Gasteiger partial charge in [-0.25, -0.2) is 0 Å². The summed E-state index contributed by atoms with van der Waals surface area (Å²) in [6, 6.07) is 8.28. The predicted molar refractivity (Wildman–Crippen MR) is 64.9 cm³/mol. The maximum atomic E-state index is 10.0. The van der Waals surface area contributed by atoms with Crippen molar-refractivity contribution in [3.63, 3.8) is 0 Å². The molecule has 1 rings (SSSR count). The van der Waals surface area contributed by atoms with E-state index in [1.54, 1.807) is 0 Å². The Morgan fingerprint density at radius 2 is 1.87 bits per heavy atom. The molecule has 1 unspecified atom stereocenters. The van der Waals surface area contributed by atoms with Crippen molar-refractivity contribution in [2.24, 2.45) is 0 Å². The summed E-state index contributed by atoms with van der Waals surface area (Å²) in [4.78, 5) is 0. The largest absolute Gasteiger partial charge is 0.388 e. The van der Waals surface area contributed by atoms with Gasteiger partial charge in [0.25, 0.3) is 0 Å². The van der Waals surface area contributed by atoms with Crippen LogP contribution in [0.4, 0.5) is 0 Å². The molecule has 0 aliphatic rings. The third-order valence-electron chi connectivity index (χ3n) is 2.78. The van der Waals surface area contributed by atoms with E-state index in [-0.39, 0.29) is 6.10 Å². The van der Waals surface area contributed by atoms with Crippen LogP contribution in [-0.2, 0) is 6.42 Å². The second-order valence-electron chi connectivity index (χ2n) is 4.11. The molecule has 1 nitrogen and oxygen atoms in total. The second-order valence-corrected chi connectivity index (χ2v) is 4.11. The number of aliphatic hydroxyl groups excluding tert-OH is 1. The van der Waals surface area contributed by atoms with Gasteiger partial charge in [-0.15, -0.1) is 0 Å². The third kappa shape index (κ3) is 3.67. The van der Waals surface area contributed by atoms with E-state index in [9.17, 15) is 5.11 Å². The molecule has 1 heteroatoms. The molecule has 0 saturated heterocycles. The zero-order chi connectivity index (χ0) is 11.1. The van der Waals surface area contributed by atoms with Gasteiger partial charge < -0.3 is 5.11 Å². The van der Waals surface area contributed by atoms with Crippen molar-refractivity contribution in [3.05, 3.63) is 35.4 Å². The van der Waals surface area contributed by atoms with Gasteiger partial charge in [-0.2, -0.15) is 0 Å². The first-order chi connectivity index (χ1) is 7.29. The normalized spacial score (nSPS) is 12.7. The van der Waals surface area contributed by atoms with Crippen molar-refractivity contribution in [1.29, 1.82) is 0 Å². The van der Waals surface area contributed by atoms with Gasteiger partial charge in [0.1, 0.15) is 0 Å². The molecule has 1 atom stereocenters. The molecule has 15 heavy (non-hydrogen) atoms. The van der Waals surface area contributed by atoms with Crippen molar-refractivity contribution < 1.29 is 5.11 Å². The molecule has 0 radical (unpaired) electrons. The maximum Gasteiger partial charge on any atom is 0.0792 e. The van der Waals surface area contributed by atoms with Gasteiger partial charge in [0.05, 0.1) is 6.10 Å². The van der Waals surface area contributed by atoms with Gasteiger partial charge in [-0.3, -0.25) is 0 Å². The number of hydrogen-bond acceptors (Lipinski definition) is 1. The molecule has 0 aromatic heterocycles. The fourth-order valence-corrected chi connectivity index (χ4v) is 1.88. The number of rotatable bonds is 6. The van der Waals surface area contributed by atoms with E-state index in [2.05, 4.69) is 32.0 Å². The van der Waals surface area contributed by atoms with E-state index in [0.717, 1.165) is 24.8 Å². The molecule has 0 spiro atoms. The van der Waals surface area contributed by atoms with E-state index >= 15 is 0 Å². The Kier molecular flexibility index (Phi) is 5.41. The molecule has 0 saturated carbocycles. The number of hydrogen-bond donors (Lipinski definition) is 1. The van der Waals surface area contributed by atoms with Gasteiger partial charge in [0.15, 0.2) is 0 Å². The molecular weight excluding hydrogens is 184 g/mol. The highest BCUT2D eigenvalue weighted by Crippen LogP contribution is 2.23. The summed E-state index contributed by atoms with van der Waals surface area (Å²) < 4.78 is 0. The summed E-state index contributed by atoms with van der Waals surface area (Å²) in [5.41, 5.74) is 2.45. The van der Waals surface area contributed by atoms with Gasteiger partial charge in [-0.05, 0) is 30.4 Å². The molecule has 84 valence electrons. The zero-order valence-electron chi connectivity index (χ0n) is 9.87. The summed E-state index contributed by atoms with van der Waals surface area (Å²) in [7, 11) is 0. The highest BCUT2D eigenvalue weighted by Gasteiger charge is 2.10. The Labute approximate surface area is 93.1 Å². The van der Waals surface area contributed by atoms with Crippen molar-refractivity contribution in [2.75, 3.05) is 0 Å². The molecule has 0 fully saturated rings. The first kappa shape index (κ1) is 12.3. The number of aliphatic hydroxyl groups is 1. The molecule has 1 aromatic carbocycles. The summed E-state index contributed by atoms with van der Waals surface area (Å²) >= 11 is 0. The number of benzene rings is 1. The van der Waals surface area contributed by atoms with E-state index in [4.69, 9.17) is 0 Å². The van der Waals surface area contributed by atoms with Gasteiger partial charge >= 0.3 is 0 Å². The van der Waals surface area contributed by atoms with Crippen LogP contribution in [-0.4, -0.2) is 5.11 Å². The Morgan fingerprint density at radius 3 is 2.53 bits per heavy atom. The number of unbranched alkanes of at least 4 members (excludes halogenated alkanes) is 1. The average Bonchev–Trinajstić information content (AvgIpc) is 2.27. The first-order valence-electron chi connectivity index (χ1n) is 6.05. The minimum absolute atomic E-state index is 0.275. The van der Waals surface area contributed by atoms with Crippen LogP contribution in [0.15, 0.2) is 24.3 Å². The van der Waals surface area contributed by atoms with Gasteiger partial charge in [-0.1, -0.05) is 51.0 Å². The van der Waals surface area contributed by atoms with Gasteiger partial charge in [0.2, 0.25) is 0 Å². The van der Waals surface area contributed by atoms with Crippen LogP contribution in [0.3, 0.4) is 0 Å². The lowest BCUT2D eigenvalue weighted by Gasteiger charge is -2.14. The molecule has 0 aliphatic carbocycles. The lowest BCUT2D eigenvalue weighted by atomic mass is 9.96. The van der Waals surface area contributed by atoms with Gasteiger partial charge in [0, 0.05) is 0 Å². The molecule has 1 aromatic rings. The molecule has 0 amide bonds. The summed E-state index contributed by atoms with van der Waals surface area (Å²) in [6.07, 6.45) is 5.12. The fourth-order valence-electron chi connectivity index (χ4n) is 1.88. The Bertz CT molecular complexity index is 280. The first-order valence-corrected chi connectivity index (χ1v) is 6.05. The molecule has 0 aliphatic heterocycles. The number of aryl methyl sites for hydroxylation is 1. The predicted octanol–water partition coefficient (Wildman–Crippen LogP) is 3.86. The minimum atomic E-state index is -0.275. The smallest absolute Gasteiger partial charge is 0.0792 e.